The minimum Gasteiger partial charge on any atom is -0.330 e. The summed E-state index contributed by atoms with van der Waals surface area (Å²) in [6, 6.07) is 12.2. The van der Waals surface area contributed by atoms with E-state index in [0.717, 1.165) is 17.5 Å². The molecule has 4 nitrogen and oxygen atoms in total. The van der Waals surface area contributed by atoms with Gasteiger partial charge in [0.2, 0.25) is 0 Å². The Morgan fingerprint density at radius 1 is 0.952 bits per heavy atom. The molecule has 2 aromatic rings. The zero-order valence-electron chi connectivity index (χ0n) is 13.6. The van der Waals surface area contributed by atoms with Crippen molar-refractivity contribution in [2.24, 2.45) is 11.6 Å². The highest BCUT2D eigenvalue weighted by Crippen LogP contribution is 2.21. The zero-order chi connectivity index (χ0) is 16.1. The first-order chi connectivity index (χ1) is 10.3. The van der Waals surface area contributed by atoms with Crippen LogP contribution >= 0.6 is 0 Å². The molecule has 1 aromatic carbocycles. The predicted octanol–water partition coefficient (Wildman–Crippen LogP) is 3.59. The standard InChI is InChI=1S/C13H16N4.2C2H6/c14-7-5-10-1-3-11(4-2-10)12-6-8-16-13(9-12)17-15;2*1-2/h1-4,6,8-9H,5,7,14-15H2,(H,16,17);2*1-2H3. The highest BCUT2D eigenvalue weighted by Gasteiger charge is 1.99. The Balaban J connectivity index is 0.000000921. The van der Waals surface area contributed by atoms with Crippen molar-refractivity contribution >= 4 is 5.82 Å². The van der Waals surface area contributed by atoms with Crippen LogP contribution < -0.4 is 17.0 Å². The largest absolute Gasteiger partial charge is 0.330 e. The van der Waals surface area contributed by atoms with E-state index in [-0.39, 0.29) is 0 Å². The fraction of sp³-hybridized carbons (Fsp3) is 0.353. The number of rotatable bonds is 4. The number of aromatic nitrogens is 1. The second-order valence-corrected chi connectivity index (χ2v) is 3.81. The maximum atomic E-state index is 5.52. The number of pyridine rings is 1. The van der Waals surface area contributed by atoms with Crippen molar-refractivity contribution in [1.82, 2.24) is 4.98 Å². The van der Waals surface area contributed by atoms with Crippen LogP contribution in [0.15, 0.2) is 42.6 Å². The minimum atomic E-state index is 0.661. The maximum Gasteiger partial charge on any atom is 0.140 e. The van der Waals surface area contributed by atoms with Gasteiger partial charge in [0, 0.05) is 6.20 Å². The number of hydrogen-bond donors (Lipinski definition) is 3. The SMILES string of the molecule is CC.CC.NCCc1ccc(-c2ccnc(NN)c2)cc1. The van der Waals surface area contributed by atoms with Crippen molar-refractivity contribution in [2.75, 3.05) is 12.0 Å². The molecular weight excluding hydrogens is 260 g/mol. The Morgan fingerprint density at radius 2 is 1.57 bits per heavy atom. The van der Waals surface area contributed by atoms with Crippen LogP contribution in [0.25, 0.3) is 11.1 Å². The first-order valence-corrected chi connectivity index (χ1v) is 7.55. The van der Waals surface area contributed by atoms with Gasteiger partial charge >= 0.3 is 0 Å². The summed E-state index contributed by atoms with van der Waals surface area (Å²) in [6.45, 7) is 8.68. The van der Waals surface area contributed by atoms with Gasteiger partial charge in [0.05, 0.1) is 0 Å². The second-order valence-electron chi connectivity index (χ2n) is 3.81. The lowest BCUT2D eigenvalue weighted by molar-refractivity contribution is 0.969. The molecule has 0 atom stereocenters. The van der Waals surface area contributed by atoms with Crippen LogP contribution in [-0.4, -0.2) is 11.5 Å². The molecule has 0 saturated heterocycles. The van der Waals surface area contributed by atoms with Crippen LogP contribution in [0.4, 0.5) is 5.82 Å². The van der Waals surface area contributed by atoms with Gasteiger partial charge in [-0.2, -0.15) is 0 Å². The van der Waals surface area contributed by atoms with Crippen LogP contribution in [0.3, 0.4) is 0 Å². The number of nitrogen functional groups attached to an aromatic ring is 1. The fourth-order valence-electron chi connectivity index (χ4n) is 1.72. The first-order valence-electron chi connectivity index (χ1n) is 7.55. The molecule has 116 valence electrons. The normalized spacial score (nSPS) is 8.86. The number of nitrogens with two attached hydrogens (primary N) is 2. The average Bonchev–Trinajstić information content (AvgIpc) is 2.59. The maximum absolute atomic E-state index is 5.52. The van der Waals surface area contributed by atoms with Gasteiger partial charge in [-0.25, -0.2) is 10.8 Å². The van der Waals surface area contributed by atoms with E-state index in [1.54, 1.807) is 6.20 Å². The molecule has 0 aliphatic carbocycles. The Hall–Kier alpha value is -1.91. The number of nitrogens with one attached hydrogen (secondary N) is 1. The van der Waals surface area contributed by atoms with Gasteiger partial charge in [-0.05, 0) is 41.8 Å². The van der Waals surface area contributed by atoms with Crippen molar-refractivity contribution in [3.8, 4) is 11.1 Å². The van der Waals surface area contributed by atoms with Gasteiger partial charge in [-0.3, -0.25) is 0 Å². The number of benzene rings is 1. The molecule has 1 aromatic heterocycles. The summed E-state index contributed by atoms with van der Waals surface area (Å²) >= 11 is 0. The van der Waals surface area contributed by atoms with Crippen LogP contribution in [0.2, 0.25) is 0 Å². The fourth-order valence-corrected chi connectivity index (χ4v) is 1.72. The quantitative estimate of drug-likeness (QED) is 0.593. The van der Waals surface area contributed by atoms with E-state index in [9.17, 15) is 0 Å². The Kier molecular flexibility index (Phi) is 10.8. The van der Waals surface area contributed by atoms with Crippen LogP contribution in [0.1, 0.15) is 33.3 Å². The van der Waals surface area contributed by atoms with Gasteiger partial charge in [0.1, 0.15) is 5.82 Å². The molecule has 0 spiro atoms. The molecule has 0 amide bonds. The molecule has 0 aliphatic heterocycles. The van der Waals surface area contributed by atoms with Gasteiger partial charge in [0.25, 0.3) is 0 Å². The van der Waals surface area contributed by atoms with E-state index in [4.69, 9.17) is 11.6 Å². The van der Waals surface area contributed by atoms with Crippen molar-refractivity contribution in [2.45, 2.75) is 34.1 Å². The van der Waals surface area contributed by atoms with Gasteiger partial charge in [-0.1, -0.05) is 52.0 Å². The Morgan fingerprint density at radius 3 is 2.10 bits per heavy atom. The smallest absolute Gasteiger partial charge is 0.140 e. The van der Waals surface area contributed by atoms with Crippen LogP contribution in [0, 0.1) is 0 Å². The molecule has 0 unspecified atom stereocenters. The lowest BCUT2D eigenvalue weighted by Gasteiger charge is -2.05. The van der Waals surface area contributed by atoms with E-state index in [1.165, 1.54) is 5.56 Å². The summed E-state index contributed by atoms with van der Waals surface area (Å²) < 4.78 is 0. The van der Waals surface area contributed by atoms with Gasteiger partial charge in [-0.15, -0.1) is 0 Å². The lowest BCUT2D eigenvalue weighted by atomic mass is 10.0. The average molecular weight is 288 g/mol. The Labute approximate surface area is 128 Å². The number of nitrogens with zero attached hydrogens (tertiary/aromatic N) is 1. The van der Waals surface area contributed by atoms with E-state index in [0.29, 0.717) is 12.4 Å². The third-order valence-corrected chi connectivity index (χ3v) is 2.63. The minimum absolute atomic E-state index is 0.661. The number of hydrazine groups is 1. The molecule has 2 rings (SSSR count). The number of hydrogen-bond acceptors (Lipinski definition) is 4. The second kappa shape index (κ2) is 11.9. The summed E-state index contributed by atoms with van der Waals surface area (Å²) in [7, 11) is 0. The van der Waals surface area contributed by atoms with Gasteiger partial charge < -0.3 is 11.2 Å². The molecule has 21 heavy (non-hydrogen) atoms. The Bertz CT molecular complexity index is 480. The third-order valence-electron chi connectivity index (χ3n) is 2.63. The molecule has 1 heterocycles. The molecule has 4 heteroatoms. The topological polar surface area (TPSA) is 77.0 Å². The van der Waals surface area contributed by atoms with E-state index >= 15 is 0 Å². The van der Waals surface area contributed by atoms with Crippen molar-refractivity contribution in [3.05, 3.63) is 48.2 Å². The summed E-state index contributed by atoms with van der Waals surface area (Å²) in [4.78, 5) is 4.08. The highest BCUT2D eigenvalue weighted by molar-refractivity contribution is 5.66. The summed E-state index contributed by atoms with van der Waals surface area (Å²) in [5.74, 6) is 5.99. The molecule has 0 aliphatic rings. The van der Waals surface area contributed by atoms with E-state index in [1.807, 2.05) is 39.8 Å². The third kappa shape index (κ3) is 6.38. The van der Waals surface area contributed by atoms with Crippen molar-refractivity contribution in [3.63, 3.8) is 0 Å². The van der Waals surface area contributed by atoms with Gasteiger partial charge in [0.15, 0.2) is 0 Å². The molecule has 0 radical (unpaired) electrons. The summed E-state index contributed by atoms with van der Waals surface area (Å²) in [6.07, 6.45) is 2.64. The van der Waals surface area contributed by atoms with Crippen LogP contribution in [-0.2, 0) is 6.42 Å². The zero-order valence-corrected chi connectivity index (χ0v) is 13.6. The molecule has 0 saturated carbocycles. The lowest BCUT2D eigenvalue weighted by Crippen LogP contribution is -2.08. The first kappa shape index (κ1) is 19.1. The van der Waals surface area contributed by atoms with E-state index in [2.05, 4.69) is 34.7 Å². The summed E-state index contributed by atoms with van der Waals surface area (Å²) in [5.41, 5.74) is 11.5. The molecule has 5 N–H and O–H groups in total. The molecule has 0 bridgehead atoms. The summed E-state index contributed by atoms with van der Waals surface area (Å²) in [5, 5.41) is 0. The molecular formula is C17H28N4. The monoisotopic (exact) mass is 288 g/mol. The van der Waals surface area contributed by atoms with Crippen molar-refractivity contribution < 1.29 is 0 Å². The number of anilines is 1. The van der Waals surface area contributed by atoms with Crippen molar-refractivity contribution in [1.29, 1.82) is 0 Å². The molecule has 0 fully saturated rings. The highest BCUT2D eigenvalue weighted by atomic mass is 15.2. The predicted molar refractivity (Wildman–Crippen MR) is 92.9 cm³/mol. The van der Waals surface area contributed by atoms with Crippen LogP contribution in [0.5, 0.6) is 0 Å². The van der Waals surface area contributed by atoms with E-state index < -0.39 is 0 Å².